The number of hydrogen-bond donors (Lipinski definition) is 4. The molecule has 33 heavy (non-hydrogen) atoms. The van der Waals surface area contributed by atoms with E-state index in [4.69, 9.17) is 21.3 Å². The summed E-state index contributed by atoms with van der Waals surface area (Å²) < 4.78 is 6.03. The molecule has 1 saturated heterocycles. The fraction of sp³-hybridized carbons (Fsp3) is 0.269. The second kappa shape index (κ2) is 9.32. The number of carbonyl (C=O) groups is 1. The van der Waals surface area contributed by atoms with Gasteiger partial charge in [0.25, 0.3) is 0 Å². The molecule has 0 saturated carbocycles. The second-order valence-electron chi connectivity index (χ2n) is 8.53. The number of nitrogens with one attached hydrogen (secondary N) is 2. The molecule has 0 bridgehead atoms. The van der Waals surface area contributed by atoms with Gasteiger partial charge < -0.3 is 20.5 Å². The quantitative estimate of drug-likeness (QED) is 0.324. The topological polar surface area (TPSA) is 123 Å². The van der Waals surface area contributed by atoms with Crippen molar-refractivity contribution in [3.05, 3.63) is 77.4 Å². The molecule has 1 aliphatic rings. The molecule has 170 valence electrons. The first-order valence-electron chi connectivity index (χ1n) is 11.0. The summed E-state index contributed by atoms with van der Waals surface area (Å²) >= 11 is 0. The number of nitrogens with zero attached hydrogens (tertiary/aromatic N) is 1. The Bertz CT molecular complexity index is 1210. The van der Waals surface area contributed by atoms with Crippen LogP contribution in [0.3, 0.4) is 0 Å². The Labute approximate surface area is 192 Å². The third-order valence-electron chi connectivity index (χ3n) is 6.16. The summed E-state index contributed by atoms with van der Waals surface area (Å²) in [4.78, 5) is 14.0. The highest BCUT2D eigenvalue weighted by Crippen LogP contribution is 2.27. The Morgan fingerprint density at radius 2 is 1.82 bits per heavy atom. The van der Waals surface area contributed by atoms with Gasteiger partial charge in [-0.05, 0) is 53.4 Å². The molecule has 3 aromatic rings. The highest BCUT2D eigenvalue weighted by Gasteiger charge is 2.25. The Morgan fingerprint density at radius 1 is 1.12 bits per heavy atom. The highest BCUT2D eigenvalue weighted by molar-refractivity contribution is 5.99. The molecule has 1 aliphatic heterocycles. The van der Waals surface area contributed by atoms with Crippen LogP contribution in [-0.4, -0.2) is 46.8 Å². The smallest absolute Gasteiger partial charge is 0.311 e. The molecule has 5 N–H and O–H groups in total. The number of amidine groups is 2. The van der Waals surface area contributed by atoms with Crippen molar-refractivity contribution in [1.29, 1.82) is 10.8 Å². The number of carboxylic acid groups (broad SMARTS) is 1. The van der Waals surface area contributed by atoms with Crippen LogP contribution in [-0.2, 0) is 11.2 Å². The summed E-state index contributed by atoms with van der Waals surface area (Å²) in [7, 11) is 0. The van der Waals surface area contributed by atoms with Crippen molar-refractivity contribution in [3.63, 3.8) is 0 Å². The maximum Gasteiger partial charge on any atom is 0.311 e. The van der Waals surface area contributed by atoms with Crippen LogP contribution in [0.25, 0.3) is 10.8 Å². The third-order valence-corrected chi connectivity index (χ3v) is 6.16. The van der Waals surface area contributed by atoms with E-state index in [2.05, 4.69) is 0 Å². The Balaban J connectivity index is 1.47. The van der Waals surface area contributed by atoms with E-state index in [0.717, 1.165) is 34.9 Å². The zero-order valence-electron chi connectivity index (χ0n) is 18.5. The van der Waals surface area contributed by atoms with Gasteiger partial charge in [0.2, 0.25) is 0 Å². The van der Waals surface area contributed by atoms with Gasteiger partial charge in [-0.2, -0.15) is 0 Å². The minimum absolute atomic E-state index is 0.0226. The van der Waals surface area contributed by atoms with Gasteiger partial charge in [-0.25, -0.2) is 0 Å². The van der Waals surface area contributed by atoms with Gasteiger partial charge in [-0.3, -0.25) is 15.6 Å². The van der Waals surface area contributed by atoms with Crippen LogP contribution in [0.15, 0.2) is 60.7 Å². The Kier molecular flexibility index (Phi) is 6.31. The minimum atomic E-state index is -0.872. The number of nitrogen functional groups attached to an aromatic ring is 1. The van der Waals surface area contributed by atoms with Crippen LogP contribution in [0, 0.1) is 10.8 Å². The minimum Gasteiger partial charge on any atom is -0.489 e. The molecule has 1 heterocycles. The van der Waals surface area contributed by atoms with Gasteiger partial charge in [0, 0.05) is 18.5 Å². The van der Waals surface area contributed by atoms with Crippen LogP contribution < -0.4 is 10.5 Å². The average molecular weight is 445 g/mol. The lowest BCUT2D eigenvalue weighted by Gasteiger charge is -2.18. The molecule has 4 rings (SSSR count). The van der Waals surface area contributed by atoms with E-state index in [1.54, 1.807) is 13.0 Å². The van der Waals surface area contributed by atoms with Crippen molar-refractivity contribution >= 4 is 28.4 Å². The molecular formula is C26H28N4O3. The number of aliphatic carboxylic acids is 1. The first kappa shape index (κ1) is 22.3. The summed E-state index contributed by atoms with van der Waals surface area (Å²) in [5, 5.41) is 27.2. The van der Waals surface area contributed by atoms with E-state index < -0.39 is 11.9 Å². The fourth-order valence-corrected chi connectivity index (χ4v) is 4.27. The summed E-state index contributed by atoms with van der Waals surface area (Å²) in [6, 6.07) is 18.7. The maximum atomic E-state index is 12.1. The standard InChI is InChI=1S/C26H28N4O3/c1-16(27)30-11-10-23(15-30)33-22-8-6-18(7-9-22)24(26(31)32)13-17-2-3-20-14-21(25(28)29)5-4-19(20)12-17/h2-9,12,14,23-24,27H,10-11,13,15H2,1H3,(H3,28,29)(H,31,32)/t23-,24?/m0/s1. The summed E-state index contributed by atoms with van der Waals surface area (Å²) in [6.07, 6.45) is 1.27. The van der Waals surface area contributed by atoms with Crippen LogP contribution >= 0.6 is 0 Å². The van der Waals surface area contributed by atoms with Gasteiger partial charge in [0.05, 0.1) is 18.3 Å². The summed E-state index contributed by atoms with van der Waals surface area (Å²) in [6.45, 7) is 3.30. The number of nitrogens with two attached hydrogens (primary N) is 1. The number of benzene rings is 3. The molecule has 0 aliphatic carbocycles. The summed E-state index contributed by atoms with van der Waals surface area (Å²) in [5.74, 6) is -0.258. The van der Waals surface area contributed by atoms with Gasteiger partial charge in [-0.15, -0.1) is 0 Å². The van der Waals surface area contributed by atoms with Crippen LogP contribution in [0.2, 0.25) is 0 Å². The lowest BCUT2D eigenvalue weighted by atomic mass is 9.91. The number of fused-ring (bicyclic) bond motifs is 1. The Hall–Kier alpha value is -3.87. The van der Waals surface area contributed by atoms with Crippen molar-refractivity contribution in [3.8, 4) is 5.75 Å². The highest BCUT2D eigenvalue weighted by atomic mass is 16.5. The molecule has 0 spiro atoms. The molecule has 7 nitrogen and oxygen atoms in total. The number of rotatable bonds is 7. The molecule has 0 aromatic heterocycles. The largest absolute Gasteiger partial charge is 0.489 e. The fourth-order valence-electron chi connectivity index (χ4n) is 4.27. The molecule has 1 unspecified atom stereocenters. The first-order valence-corrected chi connectivity index (χ1v) is 11.0. The van der Waals surface area contributed by atoms with Gasteiger partial charge in [0.1, 0.15) is 17.7 Å². The zero-order chi connectivity index (χ0) is 23.5. The zero-order valence-corrected chi connectivity index (χ0v) is 18.5. The van der Waals surface area contributed by atoms with E-state index in [0.29, 0.717) is 30.1 Å². The van der Waals surface area contributed by atoms with Crippen LogP contribution in [0.1, 0.15) is 36.0 Å². The van der Waals surface area contributed by atoms with E-state index in [1.807, 2.05) is 59.5 Å². The molecule has 1 fully saturated rings. The third kappa shape index (κ3) is 5.14. The molecular weight excluding hydrogens is 416 g/mol. The summed E-state index contributed by atoms with van der Waals surface area (Å²) in [5.41, 5.74) is 7.89. The number of carboxylic acids is 1. The molecule has 0 amide bonds. The molecule has 7 heteroatoms. The number of ether oxygens (including phenoxy) is 1. The second-order valence-corrected chi connectivity index (χ2v) is 8.53. The predicted octanol–water partition coefficient (Wildman–Crippen LogP) is 3.99. The molecule has 3 aromatic carbocycles. The van der Waals surface area contributed by atoms with E-state index >= 15 is 0 Å². The Morgan fingerprint density at radius 3 is 2.45 bits per heavy atom. The molecule has 0 radical (unpaired) electrons. The first-order chi connectivity index (χ1) is 15.8. The predicted molar refractivity (Wildman–Crippen MR) is 129 cm³/mol. The van der Waals surface area contributed by atoms with Gasteiger partial charge in [0.15, 0.2) is 0 Å². The number of hydrogen-bond acceptors (Lipinski definition) is 4. The van der Waals surface area contributed by atoms with Crippen molar-refractivity contribution in [2.24, 2.45) is 5.73 Å². The van der Waals surface area contributed by atoms with E-state index in [-0.39, 0.29) is 11.9 Å². The normalized spacial score (nSPS) is 16.5. The van der Waals surface area contributed by atoms with Gasteiger partial charge in [-0.1, -0.05) is 42.5 Å². The van der Waals surface area contributed by atoms with E-state index in [1.165, 1.54) is 0 Å². The maximum absolute atomic E-state index is 12.1. The molecule has 2 atom stereocenters. The lowest BCUT2D eigenvalue weighted by Crippen LogP contribution is -2.28. The van der Waals surface area contributed by atoms with Crippen LogP contribution in [0.5, 0.6) is 5.75 Å². The average Bonchev–Trinajstić information content (AvgIpc) is 3.26. The van der Waals surface area contributed by atoms with Crippen molar-refractivity contribution in [2.75, 3.05) is 13.1 Å². The van der Waals surface area contributed by atoms with E-state index in [9.17, 15) is 9.90 Å². The monoisotopic (exact) mass is 444 g/mol. The number of likely N-dealkylation sites (tertiary alicyclic amines) is 1. The van der Waals surface area contributed by atoms with Crippen molar-refractivity contribution in [2.45, 2.75) is 31.8 Å². The van der Waals surface area contributed by atoms with Crippen molar-refractivity contribution < 1.29 is 14.6 Å². The SMILES string of the molecule is CC(=N)N1CC[C@H](Oc2ccc(C(Cc3ccc4cc(C(=N)N)ccc4c3)C(=O)O)cc2)C1. The lowest BCUT2D eigenvalue weighted by molar-refractivity contribution is -0.138. The van der Waals surface area contributed by atoms with Gasteiger partial charge >= 0.3 is 5.97 Å². The van der Waals surface area contributed by atoms with Crippen LogP contribution in [0.4, 0.5) is 0 Å². The van der Waals surface area contributed by atoms with Crippen molar-refractivity contribution in [1.82, 2.24) is 4.90 Å².